The van der Waals surface area contributed by atoms with Crippen molar-refractivity contribution in [2.24, 2.45) is 17.3 Å². The number of ketones is 2. The van der Waals surface area contributed by atoms with Crippen LogP contribution in [0.2, 0.25) is 0 Å². The van der Waals surface area contributed by atoms with Gasteiger partial charge in [0.2, 0.25) is 0 Å². The zero-order valence-electron chi connectivity index (χ0n) is 12.3. The normalized spacial score (nSPS) is 42.2. The number of Topliss-reactive ketones (excluding diaryl/α,β-unsaturated/α-hetero) is 1. The van der Waals surface area contributed by atoms with Gasteiger partial charge in [-0.3, -0.25) is 9.59 Å². The molecule has 4 unspecified atom stereocenters. The van der Waals surface area contributed by atoms with E-state index in [0.717, 1.165) is 0 Å². The molecule has 0 spiro atoms. The predicted molar refractivity (Wildman–Crippen MR) is 94.9 cm³/mol. The van der Waals surface area contributed by atoms with E-state index < -0.39 is 31.3 Å². The van der Waals surface area contributed by atoms with E-state index >= 15 is 0 Å². The fourth-order valence-electron chi connectivity index (χ4n) is 3.73. The zero-order valence-corrected chi connectivity index (χ0v) is 16.9. The number of carbonyl (C=O) groups excluding carboxylic acids is 2. The molecular formula is C15H12Cl6O2. The van der Waals surface area contributed by atoms with E-state index in [0.29, 0.717) is 5.57 Å². The van der Waals surface area contributed by atoms with Gasteiger partial charge in [-0.15, -0.1) is 23.2 Å². The molecule has 0 amide bonds. The Morgan fingerprint density at radius 2 is 1.35 bits per heavy atom. The second kappa shape index (κ2) is 4.84. The molecule has 0 heterocycles. The Bertz CT molecular complexity index is 716. The van der Waals surface area contributed by atoms with E-state index in [4.69, 9.17) is 69.6 Å². The van der Waals surface area contributed by atoms with Crippen molar-refractivity contribution in [3.63, 3.8) is 0 Å². The van der Waals surface area contributed by atoms with Gasteiger partial charge in [-0.2, -0.15) is 0 Å². The molecule has 0 radical (unpaired) electrons. The van der Waals surface area contributed by atoms with Crippen LogP contribution >= 0.6 is 69.6 Å². The molecule has 1 fully saturated rings. The van der Waals surface area contributed by atoms with Crippen LogP contribution in [0.1, 0.15) is 20.8 Å². The van der Waals surface area contributed by atoms with Crippen LogP contribution in [0, 0.1) is 17.3 Å². The highest BCUT2D eigenvalue weighted by Crippen LogP contribution is 2.77. The number of carbonyl (C=O) groups is 2. The van der Waals surface area contributed by atoms with Gasteiger partial charge in [-0.25, -0.2) is 0 Å². The van der Waals surface area contributed by atoms with Crippen molar-refractivity contribution < 1.29 is 9.59 Å². The molecular weight excluding hydrogens is 425 g/mol. The number of allylic oxidation sites excluding steroid dienone is 4. The molecule has 2 nitrogen and oxygen atoms in total. The van der Waals surface area contributed by atoms with Gasteiger partial charge in [0.15, 0.2) is 15.9 Å². The predicted octanol–water partition coefficient (Wildman–Crippen LogP) is 5.19. The number of hydrogen-bond donors (Lipinski definition) is 0. The lowest BCUT2D eigenvalue weighted by atomic mass is 9.67. The summed E-state index contributed by atoms with van der Waals surface area (Å²) in [5, 5.41) is -0.144. The SMILES string of the molecule is CC(C)(C)C1=CC(=O)C2C(C1=O)C1(Cl)C(Cl)=C(Cl)C2(Cl)C1(Cl)Cl. The standard InChI is InChI=1S/C15H12Cl6O2/c1-12(2,3)5-4-6(22)7-8(9(5)23)14(19)11(17)10(16)13(7,18)15(14,20)21/h4,7-8H,1-3H3. The largest absolute Gasteiger partial charge is 0.294 e. The molecule has 8 heteroatoms. The molecule has 4 atom stereocenters. The lowest BCUT2D eigenvalue weighted by molar-refractivity contribution is -0.130. The summed E-state index contributed by atoms with van der Waals surface area (Å²) in [6.07, 6.45) is 1.30. The number of halogens is 6. The van der Waals surface area contributed by atoms with Gasteiger partial charge in [0.05, 0.1) is 21.9 Å². The molecule has 3 aliphatic carbocycles. The molecule has 0 N–H and O–H groups in total. The molecule has 0 aromatic heterocycles. The van der Waals surface area contributed by atoms with Crippen LogP contribution < -0.4 is 0 Å². The van der Waals surface area contributed by atoms with Crippen LogP contribution in [0.4, 0.5) is 0 Å². The molecule has 3 rings (SSSR count). The van der Waals surface area contributed by atoms with E-state index in [1.807, 2.05) is 20.8 Å². The van der Waals surface area contributed by atoms with Crippen molar-refractivity contribution in [3.8, 4) is 0 Å². The third-order valence-electron chi connectivity index (χ3n) is 4.88. The van der Waals surface area contributed by atoms with Gasteiger partial charge in [-0.05, 0) is 11.5 Å². The molecule has 23 heavy (non-hydrogen) atoms. The van der Waals surface area contributed by atoms with Crippen molar-refractivity contribution in [1.29, 1.82) is 0 Å². The quantitative estimate of drug-likeness (QED) is 0.490. The van der Waals surface area contributed by atoms with Crippen molar-refractivity contribution in [2.75, 3.05) is 0 Å². The van der Waals surface area contributed by atoms with E-state index in [9.17, 15) is 9.59 Å². The molecule has 0 aromatic rings. The highest BCUT2D eigenvalue weighted by Gasteiger charge is 2.85. The van der Waals surface area contributed by atoms with Crippen molar-refractivity contribution in [2.45, 2.75) is 34.9 Å². The average molecular weight is 437 g/mol. The highest BCUT2D eigenvalue weighted by atomic mass is 35.5. The second-order valence-electron chi connectivity index (χ2n) is 7.16. The van der Waals surface area contributed by atoms with E-state index in [2.05, 4.69) is 0 Å². The Morgan fingerprint density at radius 3 is 1.78 bits per heavy atom. The Hall–Kier alpha value is 0.560. The second-order valence-corrected chi connectivity index (χ2v) is 10.4. The number of hydrogen-bond acceptors (Lipinski definition) is 2. The summed E-state index contributed by atoms with van der Waals surface area (Å²) in [6, 6.07) is 0. The monoisotopic (exact) mass is 434 g/mol. The highest BCUT2D eigenvalue weighted by molar-refractivity contribution is 6.66. The van der Waals surface area contributed by atoms with Crippen LogP contribution in [-0.2, 0) is 9.59 Å². The third-order valence-corrected chi connectivity index (χ3v) is 9.14. The van der Waals surface area contributed by atoms with Gasteiger partial charge >= 0.3 is 0 Å². The van der Waals surface area contributed by atoms with Crippen molar-refractivity contribution in [3.05, 3.63) is 21.7 Å². The molecule has 0 aromatic carbocycles. The summed E-state index contributed by atoms with van der Waals surface area (Å²) in [4.78, 5) is 22.3. The van der Waals surface area contributed by atoms with E-state index in [1.165, 1.54) is 6.08 Å². The molecule has 1 saturated carbocycles. The Balaban J connectivity index is 2.31. The first-order valence-corrected chi connectivity index (χ1v) is 9.13. The van der Waals surface area contributed by atoms with Gasteiger partial charge < -0.3 is 0 Å². The summed E-state index contributed by atoms with van der Waals surface area (Å²) >= 11 is 38.6. The molecule has 0 saturated heterocycles. The molecule has 3 aliphatic rings. The fourth-order valence-corrected chi connectivity index (χ4v) is 6.68. The van der Waals surface area contributed by atoms with Crippen molar-refractivity contribution >= 4 is 81.2 Å². The van der Waals surface area contributed by atoms with Gasteiger partial charge in [-0.1, -0.05) is 67.2 Å². The smallest absolute Gasteiger partial charge is 0.167 e. The minimum Gasteiger partial charge on any atom is -0.294 e. The van der Waals surface area contributed by atoms with Crippen molar-refractivity contribution in [1.82, 2.24) is 0 Å². The Kier molecular flexibility index (Phi) is 3.86. The Morgan fingerprint density at radius 1 is 0.913 bits per heavy atom. The maximum absolute atomic E-state index is 13.1. The molecule has 2 bridgehead atoms. The summed E-state index contributed by atoms with van der Waals surface area (Å²) < 4.78 is -1.89. The molecule has 0 aliphatic heterocycles. The fraction of sp³-hybridized carbons (Fsp3) is 0.600. The first kappa shape index (κ1) is 18.4. The van der Waals surface area contributed by atoms with E-state index in [-0.39, 0.29) is 21.6 Å². The van der Waals surface area contributed by atoms with E-state index in [1.54, 1.807) is 0 Å². The minimum absolute atomic E-state index is 0.0709. The topological polar surface area (TPSA) is 34.1 Å². The summed E-state index contributed by atoms with van der Waals surface area (Å²) in [5.74, 6) is -2.80. The maximum Gasteiger partial charge on any atom is 0.167 e. The summed E-state index contributed by atoms with van der Waals surface area (Å²) in [5.41, 5.74) is -0.200. The van der Waals surface area contributed by atoms with Crippen LogP contribution in [0.15, 0.2) is 21.7 Å². The Labute approximate surface area is 164 Å². The first-order chi connectivity index (χ1) is 10.2. The number of rotatable bonds is 0. The minimum atomic E-state index is -1.89. The lowest BCUT2D eigenvalue weighted by Crippen LogP contribution is -2.49. The molecule has 126 valence electrons. The first-order valence-electron chi connectivity index (χ1n) is 6.86. The third kappa shape index (κ3) is 1.81. The van der Waals surface area contributed by atoms with Crippen LogP contribution in [-0.4, -0.2) is 25.6 Å². The van der Waals surface area contributed by atoms with Crippen LogP contribution in [0.3, 0.4) is 0 Å². The van der Waals surface area contributed by atoms with Gasteiger partial charge in [0.25, 0.3) is 0 Å². The summed E-state index contributed by atoms with van der Waals surface area (Å²) in [6.45, 7) is 5.48. The average Bonchev–Trinajstić information content (AvgIpc) is 2.62. The lowest BCUT2D eigenvalue weighted by Gasteiger charge is -2.39. The number of alkyl halides is 4. The van der Waals surface area contributed by atoms with Crippen LogP contribution in [0.25, 0.3) is 0 Å². The van der Waals surface area contributed by atoms with Gasteiger partial charge in [0.1, 0.15) is 9.75 Å². The van der Waals surface area contributed by atoms with Gasteiger partial charge in [0, 0.05) is 5.57 Å². The maximum atomic E-state index is 13.1. The summed E-state index contributed by atoms with van der Waals surface area (Å²) in [7, 11) is 0. The number of fused-ring (bicyclic) bond motifs is 5. The van der Waals surface area contributed by atoms with Crippen LogP contribution in [0.5, 0.6) is 0 Å². The zero-order chi connectivity index (χ0) is 17.7.